The Morgan fingerprint density at radius 2 is 1.58 bits per heavy atom. The Bertz CT molecular complexity index is 1050. The molecule has 43 heavy (non-hydrogen) atoms. The lowest BCUT2D eigenvalue weighted by atomic mass is 9.66. The minimum atomic E-state index is -2.02. The lowest BCUT2D eigenvalue weighted by Gasteiger charge is -2.46. The highest BCUT2D eigenvalue weighted by molar-refractivity contribution is 6.74. The Balaban J connectivity index is 1.81. The molecule has 6 nitrogen and oxygen atoms in total. The molecule has 0 radical (unpaired) electrons. The highest BCUT2D eigenvalue weighted by Gasteiger charge is 2.46. The Kier molecular flexibility index (Phi) is 11.5. The number of ether oxygens (including phenoxy) is 2. The predicted molar refractivity (Wildman–Crippen MR) is 180 cm³/mol. The van der Waals surface area contributed by atoms with Gasteiger partial charge in [-0.3, -0.25) is 9.59 Å². The number of rotatable bonds is 10. The van der Waals surface area contributed by atoms with Crippen LogP contribution in [0.3, 0.4) is 0 Å². The maximum atomic E-state index is 13.0. The third-order valence-electron chi connectivity index (χ3n) is 10.8. The van der Waals surface area contributed by atoms with Gasteiger partial charge >= 0.3 is 11.9 Å². The first-order chi connectivity index (χ1) is 19.6. The van der Waals surface area contributed by atoms with Crippen LogP contribution in [0.15, 0.2) is 23.8 Å². The largest absolute Gasteiger partial charge is 0.462 e. The van der Waals surface area contributed by atoms with E-state index in [-0.39, 0.29) is 64.2 Å². The van der Waals surface area contributed by atoms with Crippen molar-refractivity contribution in [1.29, 1.82) is 0 Å². The highest BCUT2D eigenvalue weighted by Crippen LogP contribution is 2.47. The first kappa shape index (κ1) is 36.2. The molecule has 3 aliphatic rings. The summed E-state index contributed by atoms with van der Waals surface area (Å²) in [5.41, 5.74) is 1.22. The minimum Gasteiger partial charge on any atom is -0.462 e. The van der Waals surface area contributed by atoms with Gasteiger partial charge in [0, 0.05) is 25.2 Å². The first-order valence-electron chi connectivity index (χ1n) is 16.7. The summed E-state index contributed by atoms with van der Waals surface area (Å²) in [6.07, 6.45) is 10.2. The molecule has 0 amide bonds. The molecule has 2 aliphatic carbocycles. The van der Waals surface area contributed by atoms with E-state index in [2.05, 4.69) is 107 Å². The fraction of sp³-hybridized carbons (Fsp3) is 0.829. The van der Waals surface area contributed by atoms with Crippen molar-refractivity contribution in [2.75, 3.05) is 0 Å². The van der Waals surface area contributed by atoms with Gasteiger partial charge in [-0.1, -0.05) is 80.5 Å². The van der Waals surface area contributed by atoms with Crippen LogP contribution in [0, 0.1) is 23.7 Å². The minimum absolute atomic E-state index is 0.0739. The van der Waals surface area contributed by atoms with Gasteiger partial charge in [0.25, 0.3) is 0 Å². The molecule has 1 saturated heterocycles. The zero-order valence-corrected chi connectivity index (χ0v) is 31.5. The maximum Gasteiger partial charge on any atom is 0.308 e. The average molecular weight is 635 g/mol. The predicted octanol–water partition coefficient (Wildman–Crippen LogP) is 8.98. The number of cyclic esters (lactones) is 1. The molecule has 1 heterocycles. The summed E-state index contributed by atoms with van der Waals surface area (Å²) in [6, 6.07) is 0. The molecule has 3 rings (SSSR count). The van der Waals surface area contributed by atoms with E-state index in [1.807, 2.05) is 0 Å². The van der Waals surface area contributed by atoms with E-state index in [4.69, 9.17) is 18.3 Å². The van der Waals surface area contributed by atoms with Crippen LogP contribution in [0.25, 0.3) is 0 Å². The second-order valence-corrected chi connectivity index (χ2v) is 26.5. The lowest BCUT2D eigenvalue weighted by Crippen LogP contribution is -2.48. The molecule has 246 valence electrons. The summed E-state index contributed by atoms with van der Waals surface area (Å²) in [4.78, 5) is 25.7. The summed E-state index contributed by atoms with van der Waals surface area (Å²) in [5, 5.41) is 0.181. The summed E-state index contributed by atoms with van der Waals surface area (Å²) >= 11 is 0. The van der Waals surface area contributed by atoms with Gasteiger partial charge in [0.15, 0.2) is 16.6 Å². The molecule has 0 N–H and O–H groups in total. The van der Waals surface area contributed by atoms with Crippen molar-refractivity contribution in [3.63, 3.8) is 0 Å². The molecule has 0 saturated carbocycles. The van der Waals surface area contributed by atoms with Crippen LogP contribution >= 0.6 is 0 Å². The van der Waals surface area contributed by atoms with Crippen molar-refractivity contribution in [2.24, 2.45) is 23.7 Å². The second-order valence-electron chi connectivity index (χ2n) is 17.0. The van der Waals surface area contributed by atoms with Crippen LogP contribution in [-0.2, 0) is 27.9 Å². The Morgan fingerprint density at radius 1 is 0.977 bits per heavy atom. The Morgan fingerprint density at radius 3 is 2.16 bits per heavy atom. The van der Waals surface area contributed by atoms with E-state index >= 15 is 0 Å². The van der Waals surface area contributed by atoms with Gasteiger partial charge < -0.3 is 18.3 Å². The summed E-state index contributed by atoms with van der Waals surface area (Å²) in [7, 11) is -4.02. The normalized spacial score (nSPS) is 30.5. The fourth-order valence-corrected chi connectivity index (χ4v) is 8.88. The van der Waals surface area contributed by atoms with Crippen LogP contribution in [0.1, 0.15) is 101 Å². The van der Waals surface area contributed by atoms with Crippen LogP contribution in [0.4, 0.5) is 0 Å². The van der Waals surface area contributed by atoms with Gasteiger partial charge in [-0.05, 0) is 72.4 Å². The number of allylic oxidation sites excluding steroid dienone is 2. The van der Waals surface area contributed by atoms with E-state index in [1.165, 1.54) is 5.57 Å². The topological polar surface area (TPSA) is 71.1 Å². The number of hydrogen-bond acceptors (Lipinski definition) is 6. The number of hydrogen-bond donors (Lipinski definition) is 0. The molecule has 7 atom stereocenters. The monoisotopic (exact) mass is 634 g/mol. The molecule has 0 aromatic rings. The molecule has 0 unspecified atom stereocenters. The lowest BCUT2D eigenvalue weighted by molar-refractivity contribution is -0.161. The summed E-state index contributed by atoms with van der Waals surface area (Å²) in [6.45, 7) is 28.9. The van der Waals surface area contributed by atoms with Crippen molar-refractivity contribution in [2.45, 2.75) is 162 Å². The van der Waals surface area contributed by atoms with Crippen LogP contribution in [0.5, 0.6) is 0 Å². The molecule has 0 spiro atoms. The number of carbonyl (C=O) groups is 2. The van der Waals surface area contributed by atoms with Crippen molar-refractivity contribution < 1.29 is 27.9 Å². The van der Waals surface area contributed by atoms with Crippen LogP contribution < -0.4 is 0 Å². The van der Waals surface area contributed by atoms with E-state index in [0.717, 1.165) is 19.3 Å². The van der Waals surface area contributed by atoms with Gasteiger partial charge in [0.1, 0.15) is 12.2 Å². The average Bonchev–Trinajstić information content (AvgIpc) is 2.80. The van der Waals surface area contributed by atoms with Crippen LogP contribution in [0.2, 0.25) is 36.3 Å². The van der Waals surface area contributed by atoms with Gasteiger partial charge in [0.05, 0.1) is 18.6 Å². The smallest absolute Gasteiger partial charge is 0.308 e. The summed E-state index contributed by atoms with van der Waals surface area (Å²) in [5.74, 6) is 0.677. The van der Waals surface area contributed by atoms with E-state index in [0.29, 0.717) is 25.2 Å². The third kappa shape index (κ3) is 9.40. The van der Waals surface area contributed by atoms with Gasteiger partial charge in [-0.2, -0.15) is 0 Å². The number of esters is 2. The first-order valence-corrected chi connectivity index (χ1v) is 22.6. The SMILES string of the molecule is CC(C)CC(=O)O[C@@H]1C[C@H](O[Si](C)(C)C(C)(C)C)C=C2C=C[C@H](C)[C@H](CC[C@@H]3C[C@@H](O[Si](C)(C)C(C)(C)C)CC(=O)O3)[C@H]21. The van der Waals surface area contributed by atoms with Crippen molar-refractivity contribution in [3.05, 3.63) is 23.8 Å². The molecule has 8 heteroatoms. The van der Waals surface area contributed by atoms with Crippen LogP contribution in [-0.4, -0.2) is 53.0 Å². The highest BCUT2D eigenvalue weighted by atomic mass is 28.4. The fourth-order valence-electron chi connectivity index (χ4n) is 6.24. The van der Waals surface area contributed by atoms with Gasteiger partial charge in [-0.25, -0.2) is 0 Å². The molecular weight excluding hydrogens is 573 g/mol. The van der Waals surface area contributed by atoms with Gasteiger partial charge in [0.2, 0.25) is 0 Å². The van der Waals surface area contributed by atoms with Crippen molar-refractivity contribution in [3.8, 4) is 0 Å². The molecule has 1 aliphatic heterocycles. The number of fused-ring (bicyclic) bond motifs is 1. The standard InChI is InChI=1S/C35H62O6Si2/c1-23(2)18-31(36)39-30-21-27(40-42(10,11)34(4,5)6)19-25-15-14-24(3)29(33(25)30)17-16-26-20-28(22-32(37)38-26)41-43(12,13)35(7,8)9/h14-15,19,23-24,26-30,33H,16-18,20-22H2,1-13H3/t24-,26+,27+,28+,29-,30+,33-/m0/s1. The van der Waals surface area contributed by atoms with E-state index in [9.17, 15) is 9.59 Å². The molecule has 0 bridgehead atoms. The Labute approximate surface area is 265 Å². The molecular formula is C35H62O6Si2. The Hall–Kier alpha value is -1.23. The van der Waals surface area contributed by atoms with E-state index in [1.54, 1.807) is 0 Å². The zero-order chi connectivity index (χ0) is 32.5. The second kappa shape index (κ2) is 13.6. The maximum absolute atomic E-state index is 13.0. The number of carbonyl (C=O) groups excluding carboxylic acids is 2. The summed E-state index contributed by atoms with van der Waals surface area (Å²) < 4.78 is 25.7. The van der Waals surface area contributed by atoms with Crippen molar-refractivity contribution >= 4 is 28.6 Å². The third-order valence-corrected chi connectivity index (χ3v) is 19.8. The molecule has 1 fully saturated rings. The van der Waals surface area contributed by atoms with E-state index < -0.39 is 16.6 Å². The quantitative estimate of drug-likeness (QED) is 0.176. The molecule has 0 aromatic carbocycles. The zero-order valence-electron chi connectivity index (χ0n) is 29.5. The van der Waals surface area contributed by atoms with Crippen molar-refractivity contribution in [1.82, 2.24) is 0 Å². The van der Waals surface area contributed by atoms with Gasteiger partial charge in [-0.15, -0.1) is 0 Å². The molecule has 0 aromatic heterocycles.